The monoisotopic (exact) mass is 400 g/mol. The van der Waals surface area contributed by atoms with Gasteiger partial charge in [0.05, 0.1) is 0 Å². The van der Waals surface area contributed by atoms with E-state index < -0.39 is 12.1 Å². The maximum absolute atomic E-state index is 12.3. The van der Waals surface area contributed by atoms with Crippen molar-refractivity contribution in [3.05, 3.63) is 83.4 Å². The average Bonchev–Trinajstić information content (AvgIpc) is 3.30. The van der Waals surface area contributed by atoms with Crippen LogP contribution in [0.1, 0.15) is 27.4 Å². The molecule has 0 fully saturated rings. The van der Waals surface area contributed by atoms with Gasteiger partial charge in [-0.2, -0.15) is 4.98 Å². The lowest BCUT2D eigenvalue weighted by molar-refractivity contribution is 0.0698. The number of aromatic carboxylic acids is 1. The molecule has 0 unspecified atom stereocenters. The molecular weight excluding hydrogens is 384 g/mol. The van der Waals surface area contributed by atoms with Gasteiger partial charge in [0.25, 0.3) is 0 Å². The standard InChI is InChI=1S/C23H16N2O5/c26-21(27)17-10-5-11-19-20(17)30-22(24-19)25-23(28)29-12-18-15-8-3-1-6-13(15)14-7-2-4-9-16(14)18/h1-11,18H,12H2,(H,26,27)(H,24,25,28). The SMILES string of the molecule is O=C(Nc1nc2cccc(C(=O)O)c2o1)OCC1c2ccccc2-c2ccccc21. The smallest absolute Gasteiger partial charge is 0.415 e. The fraction of sp³-hybridized carbons (Fsp3) is 0.0870. The van der Waals surface area contributed by atoms with Crippen molar-refractivity contribution in [3.63, 3.8) is 0 Å². The fourth-order valence-corrected chi connectivity index (χ4v) is 3.89. The molecule has 0 bridgehead atoms. The minimum Gasteiger partial charge on any atom is -0.478 e. The van der Waals surface area contributed by atoms with E-state index in [0.29, 0.717) is 5.52 Å². The van der Waals surface area contributed by atoms with Crippen molar-refractivity contribution < 1.29 is 23.8 Å². The Kier molecular flexibility index (Phi) is 4.21. The normalized spacial score (nSPS) is 12.4. The molecule has 1 aliphatic rings. The van der Waals surface area contributed by atoms with Gasteiger partial charge in [0, 0.05) is 5.92 Å². The lowest BCUT2D eigenvalue weighted by Gasteiger charge is -2.13. The van der Waals surface area contributed by atoms with E-state index in [1.54, 1.807) is 12.1 Å². The molecule has 0 saturated heterocycles. The molecule has 3 aromatic carbocycles. The Morgan fingerprint density at radius 1 is 0.967 bits per heavy atom. The number of anilines is 1. The number of carbonyl (C=O) groups is 2. The van der Waals surface area contributed by atoms with Gasteiger partial charge in [-0.05, 0) is 34.4 Å². The highest BCUT2D eigenvalue weighted by atomic mass is 16.6. The molecule has 5 rings (SSSR count). The number of nitrogens with one attached hydrogen (secondary N) is 1. The molecule has 0 atom stereocenters. The maximum atomic E-state index is 12.3. The summed E-state index contributed by atoms with van der Waals surface area (Å²) in [5.41, 5.74) is 4.91. The number of carboxylic acid groups (broad SMARTS) is 1. The number of benzene rings is 3. The summed E-state index contributed by atoms with van der Waals surface area (Å²) >= 11 is 0. The van der Waals surface area contributed by atoms with Crippen LogP contribution in [0.2, 0.25) is 0 Å². The first-order valence-electron chi connectivity index (χ1n) is 9.36. The Labute approximate surface area is 170 Å². The summed E-state index contributed by atoms with van der Waals surface area (Å²) in [5, 5.41) is 11.7. The molecule has 1 heterocycles. The summed E-state index contributed by atoms with van der Waals surface area (Å²) in [5.74, 6) is -1.20. The van der Waals surface area contributed by atoms with Crippen molar-refractivity contribution in [2.24, 2.45) is 0 Å². The van der Waals surface area contributed by atoms with Crippen LogP contribution in [0.3, 0.4) is 0 Å². The number of rotatable bonds is 4. The number of oxazole rings is 1. The molecule has 1 aliphatic carbocycles. The molecule has 0 aliphatic heterocycles. The van der Waals surface area contributed by atoms with E-state index in [2.05, 4.69) is 22.4 Å². The third kappa shape index (κ3) is 2.97. The molecule has 0 radical (unpaired) electrons. The van der Waals surface area contributed by atoms with E-state index in [1.807, 2.05) is 36.4 Å². The molecule has 7 nitrogen and oxygen atoms in total. The topological polar surface area (TPSA) is 102 Å². The van der Waals surface area contributed by atoms with Crippen molar-refractivity contribution >= 4 is 29.2 Å². The second-order valence-corrected chi connectivity index (χ2v) is 6.93. The van der Waals surface area contributed by atoms with Crippen molar-refractivity contribution in [3.8, 4) is 11.1 Å². The molecule has 1 aromatic heterocycles. The molecule has 1 amide bonds. The average molecular weight is 400 g/mol. The number of hydrogen-bond acceptors (Lipinski definition) is 5. The zero-order chi connectivity index (χ0) is 20.7. The number of para-hydroxylation sites is 1. The summed E-state index contributed by atoms with van der Waals surface area (Å²) in [7, 11) is 0. The number of aromatic nitrogens is 1. The van der Waals surface area contributed by atoms with Crippen molar-refractivity contribution in [2.45, 2.75) is 5.92 Å². The van der Waals surface area contributed by atoms with E-state index in [-0.39, 0.29) is 29.7 Å². The number of carbonyl (C=O) groups excluding carboxylic acids is 1. The molecule has 0 saturated carbocycles. The minimum atomic E-state index is -1.13. The number of carboxylic acids is 1. The van der Waals surface area contributed by atoms with Gasteiger partial charge < -0.3 is 14.3 Å². The van der Waals surface area contributed by atoms with Crippen LogP contribution >= 0.6 is 0 Å². The Hall–Kier alpha value is -4.13. The van der Waals surface area contributed by atoms with E-state index in [1.165, 1.54) is 6.07 Å². The van der Waals surface area contributed by atoms with Gasteiger partial charge in [-0.25, -0.2) is 14.9 Å². The van der Waals surface area contributed by atoms with Crippen LogP contribution in [0.5, 0.6) is 0 Å². The van der Waals surface area contributed by atoms with E-state index in [4.69, 9.17) is 9.15 Å². The third-order valence-electron chi connectivity index (χ3n) is 5.20. The molecule has 30 heavy (non-hydrogen) atoms. The zero-order valence-corrected chi connectivity index (χ0v) is 15.7. The van der Waals surface area contributed by atoms with Gasteiger partial charge in [-0.3, -0.25) is 0 Å². The van der Waals surface area contributed by atoms with Crippen LogP contribution in [0.4, 0.5) is 10.8 Å². The lowest BCUT2D eigenvalue weighted by Crippen LogP contribution is -2.18. The number of ether oxygens (including phenoxy) is 1. The van der Waals surface area contributed by atoms with E-state index >= 15 is 0 Å². The van der Waals surface area contributed by atoms with Crippen molar-refractivity contribution in [1.29, 1.82) is 0 Å². The van der Waals surface area contributed by atoms with Crippen molar-refractivity contribution in [1.82, 2.24) is 4.98 Å². The summed E-state index contributed by atoms with van der Waals surface area (Å²) in [4.78, 5) is 27.7. The van der Waals surface area contributed by atoms with Crippen LogP contribution in [0.25, 0.3) is 22.2 Å². The second-order valence-electron chi connectivity index (χ2n) is 6.93. The Bertz CT molecular complexity index is 1250. The highest BCUT2D eigenvalue weighted by Gasteiger charge is 2.29. The lowest BCUT2D eigenvalue weighted by atomic mass is 9.98. The first-order chi connectivity index (χ1) is 14.6. The molecule has 2 N–H and O–H groups in total. The molecule has 7 heteroatoms. The van der Waals surface area contributed by atoms with E-state index in [9.17, 15) is 14.7 Å². The van der Waals surface area contributed by atoms with Gasteiger partial charge in [-0.15, -0.1) is 0 Å². The molecule has 148 valence electrons. The van der Waals surface area contributed by atoms with Gasteiger partial charge in [0.1, 0.15) is 17.7 Å². The molecule has 0 spiro atoms. The maximum Gasteiger partial charge on any atom is 0.415 e. The number of hydrogen-bond donors (Lipinski definition) is 2. The van der Waals surface area contributed by atoms with Crippen LogP contribution in [-0.2, 0) is 4.74 Å². The van der Waals surface area contributed by atoms with Crippen molar-refractivity contribution in [2.75, 3.05) is 11.9 Å². The predicted octanol–water partition coefficient (Wildman–Crippen LogP) is 4.89. The first-order valence-corrected chi connectivity index (χ1v) is 9.36. The van der Waals surface area contributed by atoms with Crippen LogP contribution in [0, 0.1) is 0 Å². The summed E-state index contributed by atoms with van der Waals surface area (Å²) < 4.78 is 10.9. The first kappa shape index (κ1) is 17.9. The zero-order valence-electron chi connectivity index (χ0n) is 15.7. The Balaban J connectivity index is 1.33. The largest absolute Gasteiger partial charge is 0.478 e. The fourth-order valence-electron chi connectivity index (χ4n) is 3.89. The van der Waals surface area contributed by atoms with E-state index in [0.717, 1.165) is 22.3 Å². The highest BCUT2D eigenvalue weighted by molar-refractivity contribution is 6.00. The van der Waals surface area contributed by atoms with Crippen LogP contribution in [-0.4, -0.2) is 28.8 Å². The summed E-state index contributed by atoms with van der Waals surface area (Å²) in [6.07, 6.45) is -0.722. The van der Waals surface area contributed by atoms with Gasteiger partial charge >= 0.3 is 18.1 Å². The minimum absolute atomic E-state index is 0.0272. The summed E-state index contributed by atoms with van der Waals surface area (Å²) in [6, 6.07) is 20.6. The van der Waals surface area contributed by atoms with Crippen LogP contribution in [0.15, 0.2) is 71.1 Å². The quantitative estimate of drug-likeness (QED) is 0.506. The number of amides is 1. The van der Waals surface area contributed by atoms with Crippen LogP contribution < -0.4 is 5.32 Å². The molecular formula is C23H16N2O5. The van der Waals surface area contributed by atoms with Gasteiger partial charge in [0.15, 0.2) is 5.58 Å². The number of fused-ring (bicyclic) bond motifs is 4. The highest BCUT2D eigenvalue weighted by Crippen LogP contribution is 2.44. The Morgan fingerprint density at radius 2 is 1.63 bits per heavy atom. The second kappa shape index (κ2) is 7.04. The number of nitrogens with zero attached hydrogens (tertiary/aromatic N) is 1. The third-order valence-corrected chi connectivity index (χ3v) is 5.20. The van der Waals surface area contributed by atoms with Gasteiger partial charge in [-0.1, -0.05) is 54.6 Å². The predicted molar refractivity (Wildman–Crippen MR) is 110 cm³/mol. The molecule has 4 aromatic rings. The van der Waals surface area contributed by atoms with Gasteiger partial charge in [0.2, 0.25) is 0 Å². The Morgan fingerprint density at radius 3 is 2.30 bits per heavy atom. The summed E-state index contributed by atoms with van der Waals surface area (Å²) in [6.45, 7) is 0.153.